The number of hydrogen-bond acceptors (Lipinski definition) is 2. The number of benzene rings is 1. The van der Waals surface area contributed by atoms with Crippen LogP contribution in [0.15, 0.2) is 22.7 Å². The Morgan fingerprint density at radius 2 is 2.22 bits per heavy atom. The van der Waals surface area contributed by atoms with Crippen molar-refractivity contribution in [2.75, 3.05) is 4.90 Å². The highest BCUT2D eigenvalue weighted by atomic mass is 79.9. The lowest BCUT2D eigenvalue weighted by Crippen LogP contribution is -2.35. The molecule has 1 N–H and O–H groups in total. The number of carboxylic acid groups (broad SMARTS) is 1. The topological polar surface area (TPSA) is 40.5 Å². The summed E-state index contributed by atoms with van der Waals surface area (Å²) < 4.78 is 0.654. The number of nitrogens with zero attached hydrogens (tertiary/aromatic N) is 1. The van der Waals surface area contributed by atoms with E-state index in [9.17, 15) is 9.90 Å². The molecule has 2 rings (SSSR count). The third-order valence-electron chi connectivity index (χ3n) is 3.74. The quantitative estimate of drug-likeness (QED) is 0.920. The molecule has 3 nitrogen and oxygen atoms in total. The highest BCUT2D eigenvalue weighted by Gasteiger charge is 2.32. The number of rotatable bonds is 3. The van der Waals surface area contributed by atoms with Gasteiger partial charge in [-0.25, -0.2) is 4.79 Å². The first-order valence-corrected chi connectivity index (χ1v) is 7.15. The largest absolute Gasteiger partial charge is 0.478 e. The molecule has 0 aliphatic carbocycles. The van der Waals surface area contributed by atoms with E-state index in [0.717, 1.165) is 24.9 Å². The molecule has 0 spiro atoms. The highest BCUT2D eigenvalue weighted by Crippen LogP contribution is 2.36. The molecular weight excluding hydrogens is 294 g/mol. The van der Waals surface area contributed by atoms with E-state index < -0.39 is 5.97 Å². The predicted molar refractivity (Wildman–Crippen MR) is 76.4 cm³/mol. The van der Waals surface area contributed by atoms with Gasteiger partial charge in [-0.2, -0.15) is 0 Å². The minimum Gasteiger partial charge on any atom is -0.478 e. The lowest BCUT2D eigenvalue weighted by Gasteiger charge is -2.31. The van der Waals surface area contributed by atoms with Gasteiger partial charge in [0, 0.05) is 16.6 Å². The number of halogens is 1. The van der Waals surface area contributed by atoms with Gasteiger partial charge in [-0.1, -0.05) is 13.0 Å². The molecule has 98 valence electrons. The van der Waals surface area contributed by atoms with Crippen molar-refractivity contribution in [3.05, 3.63) is 28.2 Å². The Bertz CT molecular complexity index is 461. The molecule has 2 atom stereocenters. The van der Waals surface area contributed by atoms with Crippen LogP contribution < -0.4 is 4.90 Å². The zero-order chi connectivity index (χ0) is 13.3. The molecular formula is C14H18BrNO2. The van der Waals surface area contributed by atoms with Crippen molar-refractivity contribution in [1.82, 2.24) is 0 Å². The predicted octanol–water partition coefficient (Wildman–Crippen LogP) is 3.91. The van der Waals surface area contributed by atoms with E-state index >= 15 is 0 Å². The summed E-state index contributed by atoms with van der Waals surface area (Å²) in [6.07, 6.45) is 3.32. The van der Waals surface area contributed by atoms with Gasteiger partial charge in [-0.15, -0.1) is 0 Å². The van der Waals surface area contributed by atoms with E-state index in [1.54, 1.807) is 6.07 Å². The Balaban J connectivity index is 2.50. The Morgan fingerprint density at radius 1 is 1.50 bits per heavy atom. The fraction of sp³-hybridized carbons (Fsp3) is 0.500. The van der Waals surface area contributed by atoms with E-state index in [-0.39, 0.29) is 0 Å². The molecule has 1 saturated heterocycles. The number of hydrogen-bond donors (Lipinski definition) is 1. The van der Waals surface area contributed by atoms with Crippen LogP contribution in [0.3, 0.4) is 0 Å². The molecule has 1 aromatic carbocycles. The third kappa shape index (κ3) is 2.26. The summed E-state index contributed by atoms with van der Waals surface area (Å²) in [4.78, 5) is 13.7. The van der Waals surface area contributed by atoms with Crippen molar-refractivity contribution in [3.63, 3.8) is 0 Å². The van der Waals surface area contributed by atoms with Crippen molar-refractivity contribution in [2.24, 2.45) is 0 Å². The SMILES string of the molecule is CCC1CCC(C)N1c1cccc(Br)c1C(=O)O. The van der Waals surface area contributed by atoms with Gasteiger partial charge in [0.05, 0.1) is 11.3 Å². The van der Waals surface area contributed by atoms with Crippen LogP contribution in [-0.2, 0) is 0 Å². The van der Waals surface area contributed by atoms with Crippen LogP contribution in [0, 0.1) is 0 Å². The second-order valence-corrected chi connectivity index (χ2v) is 5.69. The zero-order valence-electron chi connectivity index (χ0n) is 10.7. The summed E-state index contributed by atoms with van der Waals surface area (Å²) in [5.74, 6) is -0.869. The van der Waals surface area contributed by atoms with Gasteiger partial charge in [0.25, 0.3) is 0 Å². The van der Waals surface area contributed by atoms with Gasteiger partial charge in [0.2, 0.25) is 0 Å². The van der Waals surface area contributed by atoms with Gasteiger partial charge < -0.3 is 10.0 Å². The number of anilines is 1. The van der Waals surface area contributed by atoms with Crippen molar-refractivity contribution in [1.29, 1.82) is 0 Å². The average molecular weight is 312 g/mol. The van der Waals surface area contributed by atoms with Crippen LogP contribution in [0.25, 0.3) is 0 Å². The molecule has 1 fully saturated rings. The van der Waals surface area contributed by atoms with Gasteiger partial charge in [-0.05, 0) is 54.2 Å². The van der Waals surface area contributed by atoms with Crippen LogP contribution in [0.2, 0.25) is 0 Å². The Hall–Kier alpha value is -1.03. The molecule has 18 heavy (non-hydrogen) atoms. The molecule has 0 aromatic heterocycles. The molecule has 1 aliphatic rings. The second-order valence-electron chi connectivity index (χ2n) is 4.83. The van der Waals surface area contributed by atoms with E-state index in [1.165, 1.54) is 0 Å². The van der Waals surface area contributed by atoms with E-state index in [2.05, 4.69) is 34.7 Å². The minimum atomic E-state index is -0.869. The number of carboxylic acids is 1. The molecule has 2 unspecified atom stereocenters. The van der Waals surface area contributed by atoms with Crippen LogP contribution in [0.1, 0.15) is 43.5 Å². The Morgan fingerprint density at radius 3 is 2.83 bits per heavy atom. The van der Waals surface area contributed by atoms with Crippen molar-refractivity contribution >= 4 is 27.6 Å². The van der Waals surface area contributed by atoms with Gasteiger partial charge >= 0.3 is 5.97 Å². The zero-order valence-corrected chi connectivity index (χ0v) is 12.3. The maximum absolute atomic E-state index is 11.4. The van der Waals surface area contributed by atoms with Crippen molar-refractivity contribution in [3.8, 4) is 0 Å². The number of carbonyl (C=O) groups is 1. The highest BCUT2D eigenvalue weighted by molar-refractivity contribution is 9.10. The molecule has 0 saturated carbocycles. The Labute approximate surface area is 116 Å². The van der Waals surface area contributed by atoms with Crippen LogP contribution in [0.5, 0.6) is 0 Å². The standard InChI is InChI=1S/C14H18BrNO2/c1-3-10-8-7-9(2)16(10)12-6-4-5-11(15)13(12)14(17)18/h4-6,9-10H,3,7-8H2,1-2H3,(H,17,18). The first kappa shape index (κ1) is 13.4. The fourth-order valence-corrected chi connectivity index (χ4v) is 3.37. The van der Waals surface area contributed by atoms with Gasteiger partial charge in [0.1, 0.15) is 0 Å². The minimum absolute atomic E-state index is 0.379. The smallest absolute Gasteiger partial charge is 0.338 e. The van der Waals surface area contributed by atoms with E-state index in [4.69, 9.17) is 0 Å². The molecule has 0 amide bonds. The van der Waals surface area contributed by atoms with Gasteiger partial charge in [0.15, 0.2) is 0 Å². The first-order valence-electron chi connectivity index (χ1n) is 6.36. The average Bonchev–Trinajstić information content (AvgIpc) is 2.69. The van der Waals surface area contributed by atoms with Crippen LogP contribution in [-0.4, -0.2) is 23.2 Å². The van der Waals surface area contributed by atoms with Crippen molar-refractivity contribution < 1.29 is 9.90 Å². The first-order chi connectivity index (χ1) is 8.56. The summed E-state index contributed by atoms with van der Waals surface area (Å²) in [5, 5.41) is 9.40. The summed E-state index contributed by atoms with van der Waals surface area (Å²) in [6, 6.07) is 6.46. The maximum atomic E-state index is 11.4. The fourth-order valence-electron chi connectivity index (χ4n) is 2.85. The maximum Gasteiger partial charge on any atom is 0.338 e. The van der Waals surface area contributed by atoms with Gasteiger partial charge in [-0.3, -0.25) is 0 Å². The third-order valence-corrected chi connectivity index (χ3v) is 4.40. The van der Waals surface area contributed by atoms with Crippen LogP contribution in [0.4, 0.5) is 5.69 Å². The van der Waals surface area contributed by atoms with Crippen LogP contribution >= 0.6 is 15.9 Å². The molecule has 0 radical (unpaired) electrons. The molecule has 1 aromatic rings. The molecule has 1 aliphatic heterocycles. The Kier molecular flexibility index (Phi) is 3.95. The summed E-state index contributed by atoms with van der Waals surface area (Å²) in [7, 11) is 0. The molecule has 1 heterocycles. The van der Waals surface area contributed by atoms with E-state index in [0.29, 0.717) is 22.1 Å². The van der Waals surface area contributed by atoms with Crippen molar-refractivity contribution in [2.45, 2.75) is 45.2 Å². The molecule has 4 heteroatoms. The van der Waals surface area contributed by atoms with E-state index in [1.807, 2.05) is 12.1 Å². The number of aromatic carboxylic acids is 1. The summed E-state index contributed by atoms with van der Waals surface area (Å²) in [5.41, 5.74) is 1.22. The second kappa shape index (κ2) is 5.31. The lowest BCUT2D eigenvalue weighted by molar-refractivity contribution is 0.0696. The normalized spacial score (nSPS) is 23.4. The lowest BCUT2D eigenvalue weighted by atomic mass is 10.1. The monoisotopic (exact) mass is 311 g/mol. The molecule has 0 bridgehead atoms. The summed E-state index contributed by atoms with van der Waals surface area (Å²) >= 11 is 3.35. The summed E-state index contributed by atoms with van der Waals surface area (Å²) in [6.45, 7) is 4.33.